The highest BCUT2D eigenvalue weighted by atomic mass is 35.5. The van der Waals surface area contributed by atoms with Gasteiger partial charge in [0.1, 0.15) is 18.1 Å². The van der Waals surface area contributed by atoms with Gasteiger partial charge in [-0.2, -0.15) is 0 Å². The van der Waals surface area contributed by atoms with Crippen LogP contribution in [0.25, 0.3) is 0 Å². The number of aryl methyl sites for hydroxylation is 1. The van der Waals surface area contributed by atoms with Gasteiger partial charge in [0.25, 0.3) is 5.91 Å². The first kappa shape index (κ1) is 22.5. The van der Waals surface area contributed by atoms with Crippen molar-refractivity contribution in [1.29, 1.82) is 0 Å². The predicted octanol–water partition coefficient (Wildman–Crippen LogP) is 5.24. The van der Waals surface area contributed by atoms with Crippen LogP contribution in [-0.4, -0.2) is 30.2 Å². The molecule has 1 amide bonds. The van der Waals surface area contributed by atoms with Crippen LogP contribution in [0.2, 0.25) is 5.02 Å². The van der Waals surface area contributed by atoms with E-state index in [9.17, 15) is 22.8 Å². The van der Waals surface area contributed by atoms with Crippen LogP contribution in [-0.2, 0) is 4.79 Å². The largest absolute Gasteiger partial charge is 0.573 e. The Hall–Kier alpha value is -2.74. The number of Topliss-reactive ketones (excluding diaryl/α,β-unsaturated/α-hetero) is 1. The highest BCUT2D eigenvalue weighted by molar-refractivity contribution is 6.31. The van der Waals surface area contributed by atoms with Gasteiger partial charge in [0.05, 0.1) is 0 Å². The molecule has 2 aromatic carbocycles. The summed E-state index contributed by atoms with van der Waals surface area (Å²) < 4.78 is 46.1. The molecule has 0 spiro atoms. The molecular weight excluding hydrogens is 447 g/mol. The maximum absolute atomic E-state index is 12.4. The molecule has 1 N–H and O–H groups in total. The Morgan fingerprint density at radius 1 is 1.06 bits per heavy atom. The molecule has 170 valence electrons. The number of hydrogen-bond acceptors (Lipinski definition) is 4. The van der Waals surface area contributed by atoms with Crippen molar-refractivity contribution in [3.8, 4) is 11.5 Å². The number of rotatable bonds is 8. The van der Waals surface area contributed by atoms with E-state index >= 15 is 0 Å². The van der Waals surface area contributed by atoms with E-state index in [1.165, 1.54) is 12.1 Å². The number of alkyl halides is 3. The quantitative estimate of drug-likeness (QED) is 0.577. The van der Waals surface area contributed by atoms with Crippen molar-refractivity contribution in [3.63, 3.8) is 0 Å². The summed E-state index contributed by atoms with van der Waals surface area (Å²) in [4.78, 5) is 24.8. The van der Waals surface area contributed by atoms with Gasteiger partial charge in [0, 0.05) is 22.5 Å². The van der Waals surface area contributed by atoms with Crippen molar-refractivity contribution >= 4 is 23.3 Å². The Morgan fingerprint density at radius 2 is 1.69 bits per heavy atom. The topological polar surface area (TPSA) is 64.6 Å². The highest BCUT2D eigenvalue weighted by Gasteiger charge is 2.68. The first-order valence-corrected chi connectivity index (χ1v) is 10.4. The third kappa shape index (κ3) is 4.85. The Labute approximate surface area is 187 Å². The van der Waals surface area contributed by atoms with E-state index in [0.717, 1.165) is 17.7 Å². The van der Waals surface area contributed by atoms with E-state index in [-0.39, 0.29) is 40.6 Å². The molecule has 3 aliphatic carbocycles. The molecule has 0 aromatic heterocycles. The molecule has 5 rings (SSSR count). The second kappa shape index (κ2) is 7.99. The lowest BCUT2D eigenvalue weighted by Gasteiger charge is -2.70. The molecule has 9 heteroatoms. The summed E-state index contributed by atoms with van der Waals surface area (Å²) in [6, 6.07) is 10.0. The first-order chi connectivity index (χ1) is 15.0. The van der Waals surface area contributed by atoms with Gasteiger partial charge in [0.2, 0.25) is 0 Å². The van der Waals surface area contributed by atoms with Crippen LogP contribution in [0.15, 0.2) is 42.5 Å². The molecule has 5 nitrogen and oxygen atoms in total. The van der Waals surface area contributed by atoms with E-state index in [2.05, 4.69) is 10.1 Å². The lowest BCUT2D eigenvalue weighted by molar-refractivity contribution is -0.274. The van der Waals surface area contributed by atoms with Gasteiger partial charge in [-0.25, -0.2) is 0 Å². The number of nitrogens with one attached hydrogen (secondary N) is 1. The minimum atomic E-state index is -4.78. The van der Waals surface area contributed by atoms with Crippen molar-refractivity contribution in [3.05, 3.63) is 58.6 Å². The van der Waals surface area contributed by atoms with Gasteiger partial charge in [-0.3, -0.25) is 9.59 Å². The van der Waals surface area contributed by atoms with Crippen LogP contribution in [0, 0.1) is 12.3 Å². The normalized spacial score (nSPS) is 23.5. The molecule has 2 aromatic rings. The molecular formula is C23H21ClF3NO4. The van der Waals surface area contributed by atoms with E-state index in [0.29, 0.717) is 36.5 Å². The summed E-state index contributed by atoms with van der Waals surface area (Å²) in [6.45, 7) is 1.84. The monoisotopic (exact) mass is 467 g/mol. The fourth-order valence-corrected chi connectivity index (χ4v) is 4.90. The predicted molar refractivity (Wildman–Crippen MR) is 111 cm³/mol. The zero-order valence-corrected chi connectivity index (χ0v) is 18.0. The van der Waals surface area contributed by atoms with Crippen molar-refractivity contribution in [2.75, 3.05) is 6.61 Å². The molecule has 2 bridgehead atoms. The smallest absolute Gasteiger partial charge is 0.486 e. The van der Waals surface area contributed by atoms with Crippen LogP contribution < -0.4 is 14.8 Å². The van der Waals surface area contributed by atoms with E-state index < -0.39 is 6.36 Å². The summed E-state index contributed by atoms with van der Waals surface area (Å²) in [7, 11) is 0. The number of hydrogen-bond donors (Lipinski definition) is 1. The minimum absolute atomic E-state index is 0.00233. The minimum Gasteiger partial charge on any atom is -0.486 e. The summed E-state index contributed by atoms with van der Waals surface area (Å²) in [5.74, 6) is -0.150. The number of ether oxygens (including phenoxy) is 2. The van der Waals surface area contributed by atoms with Crippen LogP contribution in [0.3, 0.4) is 0 Å². The zero-order valence-electron chi connectivity index (χ0n) is 17.2. The van der Waals surface area contributed by atoms with Crippen LogP contribution in [0.1, 0.15) is 41.6 Å². The number of amides is 1. The molecule has 3 fully saturated rings. The third-order valence-corrected chi connectivity index (χ3v) is 6.39. The molecule has 0 atom stereocenters. The SMILES string of the molecule is Cc1cc(OCC(=O)CC23CC(NC(=O)c4ccc(OC(F)(F)F)cc4)(C2)C3)ccc1Cl. The lowest BCUT2D eigenvalue weighted by atomic mass is 9.38. The summed E-state index contributed by atoms with van der Waals surface area (Å²) >= 11 is 5.98. The molecule has 3 aliphatic rings. The van der Waals surface area contributed by atoms with Crippen LogP contribution in [0.5, 0.6) is 11.5 Å². The van der Waals surface area contributed by atoms with Gasteiger partial charge in [-0.15, -0.1) is 13.2 Å². The Bertz CT molecular complexity index is 1030. The Kier molecular flexibility index (Phi) is 5.61. The molecule has 0 unspecified atom stereocenters. The van der Waals surface area contributed by atoms with Gasteiger partial charge in [-0.05, 0) is 79.6 Å². The van der Waals surface area contributed by atoms with E-state index in [1.54, 1.807) is 18.2 Å². The fraction of sp³-hybridized carbons (Fsp3) is 0.391. The molecule has 32 heavy (non-hydrogen) atoms. The van der Waals surface area contributed by atoms with Crippen molar-refractivity contribution in [1.82, 2.24) is 5.32 Å². The number of ketones is 1. The van der Waals surface area contributed by atoms with E-state index in [4.69, 9.17) is 16.3 Å². The van der Waals surface area contributed by atoms with Gasteiger partial charge >= 0.3 is 6.36 Å². The Morgan fingerprint density at radius 3 is 2.28 bits per heavy atom. The Balaban J connectivity index is 1.22. The zero-order chi connectivity index (χ0) is 23.1. The van der Waals surface area contributed by atoms with Gasteiger partial charge in [0.15, 0.2) is 5.78 Å². The standard InChI is InChI=1S/C23H21ClF3NO4/c1-14-8-18(6-7-19(14)24)31-10-16(29)9-21-11-22(12-21,13-21)28-20(30)15-2-4-17(5-3-15)32-23(25,26)27/h2-8H,9-13H2,1H3,(H,28,30). The van der Waals surface area contributed by atoms with Crippen molar-refractivity contribution in [2.45, 2.75) is 44.5 Å². The number of carbonyl (C=O) groups excluding carboxylic acids is 2. The van der Waals surface area contributed by atoms with Crippen molar-refractivity contribution in [2.24, 2.45) is 5.41 Å². The highest BCUT2D eigenvalue weighted by Crippen LogP contribution is 2.69. The summed E-state index contributed by atoms with van der Waals surface area (Å²) in [5.41, 5.74) is 0.679. The third-order valence-electron chi connectivity index (χ3n) is 5.97. The number of halogens is 4. The number of benzene rings is 2. The average molecular weight is 468 g/mol. The molecule has 0 radical (unpaired) electrons. The molecule has 0 heterocycles. The number of carbonyl (C=O) groups is 2. The lowest BCUT2D eigenvalue weighted by Crippen LogP contribution is -2.75. The maximum Gasteiger partial charge on any atom is 0.573 e. The fourth-order valence-electron chi connectivity index (χ4n) is 4.78. The summed E-state index contributed by atoms with van der Waals surface area (Å²) in [6.07, 6.45) is -2.28. The van der Waals surface area contributed by atoms with Crippen LogP contribution in [0.4, 0.5) is 13.2 Å². The van der Waals surface area contributed by atoms with Gasteiger partial charge in [-0.1, -0.05) is 11.6 Å². The van der Waals surface area contributed by atoms with Crippen LogP contribution >= 0.6 is 11.6 Å². The molecule has 3 saturated carbocycles. The second-order valence-electron chi connectivity index (χ2n) is 8.75. The first-order valence-electron chi connectivity index (χ1n) is 10.1. The van der Waals surface area contributed by atoms with E-state index in [1.807, 2.05) is 6.92 Å². The molecule has 0 aliphatic heterocycles. The maximum atomic E-state index is 12.4. The average Bonchev–Trinajstić information content (AvgIpc) is 2.65. The summed E-state index contributed by atoms with van der Waals surface area (Å²) in [5, 5.41) is 3.59. The van der Waals surface area contributed by atoms with Crippen molar-refractivity contribution < 1.29 is 32.2 Å². The second-order valence-corrected chi connectivity index (χ2v) is 9.16. The molecule has 0 saturated heterocycles. The van der Waals surface area contributed by atoms with Gasteiger partial charge < -0.3 is 14.8 Å².